The summed E-state index contributed by atoms with van der Waals surface area (Å²) >= 11 is 0. The largest absolute Gasteiger partial charge is 0.303 e. The van der Waals surface area contributed by atoms with Gasteiger partial charge in [-0.2, -0.15) is 0 Å². The lowest BCUT2D eigenvalue weighted by molar-refractivity contribution is 0.215. The standard InChI is InChI=1S/C23H49N/c1-6-7-8-9-10-11-12-13-14-15-16-17-18-19-24(20-22(2)3)21-23(4)5/h22-23H,6-21H2,1-5H3. The predicted molar refractivity (Wildman–Crippen MR) is 112 cm³/mol. The highest BCUT2D eigenvalue weighted by Gasteiger charge is 2.08. The first-order valence-electron chi connectivity index (χ1n) is 11.3. The maximum atomic E-state index is 2.69. The van der Waals surface area contributed by atoms with Gasteiger partial charge in [-0.15, -0.1) is 0 Å². The molecule has 0 aliphatic rings. The molecule has 0 aliphatic heterocycles. The summed E-state index contributed by atoms with van der Waals surface area (Å²) in [6.07, 6.45) is 18.8. The van der Waals surface area contributed by atoms with Crippen molar-refractivity contribution in [2.75, 3.05) is 19.6 Å². The van der Waals surface area contributed by atoms with Crippen molar-refractivity contribution in [3.63, 3.8) is 0 Å². The average molecular weight is 340 g/mol. The van der Waals surface area contributed by atoms with E-state index in [9.17, 15) is 0 Å². The molecule has 1 nitrogen and oxygen atoms in total. The SMILES string of the molecule is CCCCCCCCCCCCCCCN(CC(C)C)CC(C)C. The molecule has 0 aromatic carbocycles. The van der Waals surface area contributed by atoms with Crippen molar-refractivity contribution in [2.24, 2.45) is 11.8 Å². The van der Waals surface area contributed by atoms with Crippen LogP contribution in [-0.2, 0) is 0 Å². The van der Waals surface area contributed by atoms with Crippen LogP contribution < -0.4 is 0 Å². The van der Waals surface area contributed by atoms with Crippen molar-refractivity contribution in [1.29, 1.82) is 0 Å². The Morgan fingerprint density at radius 3 is 1.17 bits per heavy atom. The summed E-state index contributed by atoms with van der Waals surface area (Å²) in [5.41, 5.74) is 0. The lowest BCUT2D eigenvalue weighted by Gasteiger charge is -2.26. The van der Waals surface area contributed by atoms with Crippen molar-refractivity contribution < 1.29 is 0 Å². The van der Waals surface area contributed by atoms with Crippen LogP contribution in [0.25, 0.3) is 0 Å². The van der Waals surface area contributed by atoms with Crippen LogP contribution in [0, 0.1) is 11.8 Å². The molecule has 0 atom stereocenters. The molecule has 1 heteroatoms. The fourth-order valence-corrected chi connectivity index (χ4v) is 3.64. The van der Waals surface area contributed by atoms with Crippen molar-refractivity contribution in [1.82, 2.24) is 4.90 Å². The van der Waals surface area contributed by atoms with Crippen LogP contribution in [0.15, 0.2) is 0 Å². The topological polar surface area (TPSA) is 3.24 Å². The molecule has 0 bridgehead atoms. The van der Waals surface area contributed by atoms with E-state index in [0.29, 0.717) is 0 Å². The Morgan fingerprint density at radius 2 is 0.833 bits per heavy atom. The van der Waals surface area contributed by atoms with E-state index < -0.39 is 0 Å². The molecule has 146 valence electrons. The molecule has 24 heavy (non-hydrogen) atoms. The smallest absolute Gasteiger partial charge is 0.000449 e. The molecule has 0 rings (SSSR count). The Labute approximate surface area is 155 Å². The van der Waals surface area contributed by atoms with Gasteiger partial charge in [-0.1, -0.05) is 112 Å². The number of hydrogen-bond acceptors (Lipinski definition) is 1. The molecular formula is C23H49N. The summed E-state index contributed by atoms with van der Waals surface area (Å²) in [5, 5.41) is 0. The molecule has 0 aromatic rings. The first-order valence-corrected chi connectivity index (χ1v) is 11.3. The van der Waals surface area contributed by atoms with Gasteiger partial charge >= 0.3 is 0 Å². The van der Waals surface area contributed by atoms with Crippen LogP contribution in [0.1, 0.15) is 118 Å². The predicted octanol–water partition coefficient (Wildman–Crippen LogP) is 7.69. The van der Waals surface area contributed by atoms with Crippen LogP contribution in [0.5, 0.6) is 0 Å². The van der Waals surface area contributed by atoms with Gasteiger partial charge in [-0.25, -0.2) is 0 Å². The van der Waals surface area contributed by atoms with E-state index in [0.717, 1.165) is 11.8 Å². The summed E-state index contributed by atoms with van der Waals surface area (Å²) in [6, 6.07) is 0. The highest BCUT2D eigenvalue weighted by molar-refractivity contribution is 4.63. The highest BCUT2D eigenvalue weighted by atomic mass is 15.1. The van der Waals surface area contributed by atoms with E-state index in [4.69, 9.17) is 0 Å². The van der Waals surface area contributed by atoms with Crippen LogP contribution >= 0.6 is 0 Å². The van der Waals surface area contributed by atoms with Gasteiger partial charge < -0.3 is 4.90 Å². The molecule has 0 radical (unpaired) electrons. The van der Waals surface area contributed by atoms with Gasteiger partial charge in [0.15, 0.2) is 0 Å². The fourth-order valence-electron chi connectivity index (χ4n) is 3.64. The number of unbranched alkanes of at least 4 members (excludes halogenated alkanes) is 12. The minimum atomic E-state index is 0.797. The zero-order valence-corrected chi connectivity index (χ0v) is 17.9. The molecule has 0 amide bonds. The first kappa shape index (κ1) is 24.0. The zero-order chi connectivity index (χ0) is 18.0. The third kappa shape index (κ3) is 18.3. The number of nitrogens with zero attached hydrogens (tertiary/aromatic N) is 1. The molecule has 0 N–H and O–H groups in total. The molecule has 0 unspecified atom stereocenters. The minimum Gasteiger partial charge on any atom is -0.303 e. The van der Waals surface area contributed by atoms with Gasteiger partial charge in [0, 0.05) is 13.1 Å². The van der Waals surface area contributed by atoms with Gasteiger partial charge in [-0.05, 0) is 24.8 Å². The van der Waals surface area contributed by atoms with Crippen molar-refractivity contribution in [3.8, 4) is 0 Å². The lowest BCUT2D eigenvalue weighted by atomic mass is 10.0. The van der Waals surface area contributed by atoms with Crippen molar-refractivity contribution >= 4 is 0 Å². The number of rotatable bonds is 18. The van der Waals surface area contributed by atoms with Crippen molar-refractivity contribution in [2.45, 2.75) is 118 Å². The monoisotopic (exact) mass is 339 g/mol. The zero-order valence-electron chi connectivity index (χ0n) is 17.9. The second-order valence-electron chi connectivity index (χ2n) is 8.79. The summed E-state index contributed by atoms with van der Waals surface area (Å²) in [6.45, 7) is 15.5. The molecule has 0 spiro atoms. The van der Waals surface area contributed by atoms with E-state index in [1.165, 1.54) is 103 Å². The van der Waals surface area contributed by atoms with Gasteiger partial charge in [-0.3, -0.25) is 0 Å². The number of hydrogen-bond donors (Lipinski definition) is 0. The van der Waals surface area contributed by atoms with Crippen LogP contribution in [0.3, 0.4) is 0 Å². The molecule has 0 saturated carbocycles. The summed E-state index contributed by atoms with van der Waals surface area (Å²) in [5.74, 6) is 1.59. The maximum absolute atomic E-state index is 2.69. The Bertz CT molecular complexity index is 224. The van der Waals surface area contributed by atoms with Gasteiger partial charge in [0.25, 0.3) is 0 Å². The third-order valence-corrected chi connectivity index (χ3v) is 4.82. The summed E-state index contributed by atoms with van der Waals surface area (Å²) < 4.78 is 0. The second-order valence-corrected chi connectivity index (χ2v) is 8.79. The maximum Gasteiger partial charge on any atom is 0.000449 e. The van der Waals surface area contributed by atoms with Gasteiger partial charge in [0.2, 0.25) is 0 Å². The highest BCUT2D eigenvalue weighted by Crippen LogP contribution is 2.13. The Kier molecular flexibility index (Phi) is 17.7. The molecule has 0 aliphatic carbocycles. The van der Waals surface area contributed by atoms with E-state index >= 15 is 0 Å². The molecule has 0 saturated heterocycles. The Hall–Kier alpha value is -0.0400. The van der Waals surface area contributed by atoms with Crippen molar-refractivity contribution in [3.05, 3.63) is 0 Å². The Morgan fingerprint density at radius 1 is 0.500 bits per heavy atom. The molecular weight excluding hydrogens is 290 g/mol. The van der Waals surface area contributed by atoms with E-state index in [-0.39, 0.29) is 0 Å². The molecule has 0 aromatic heterocycles. The van der Waals surface area contributed by atoms with Gasteiger partial charge in [0.1, 0.15) is 0 Å². The quantitative estimate of drug-likeness (QED) is 0.231. The van der Waals surface area contributed by atoms with E-state index in [1.807, 2.05) is 0 Å². The molecule has 0 heterocycles. The average Bonchev–Trinajstić information content (AvgIpc) is 2.50. The summed E-state index contributed by atoms with van der Waals surface area (Å²) in [4.78, 5) is 2.69. The van der Waals surface area contributed by atoms with Crippen LogP contribution in [0.4, 0.5) is 0 Å². The van der Waals surface area contributed by atoms with Crippen LogP contribution in [0.2, 0.25) is 0 Å². The van der Waals surface area contributed by atoms with Gasteiger partial charge in [0.05, 0.1) is 0 Å². The Balaban J connectivity index is 3.36. The van der Waals surface area contributed by atoms with E-state index in [2.05, 4.69) is 39.5 Å². The second kappa shape index (κ2) is 17.8. The molecule has 0 fully saturated rings. The fraction of sp³-hybridized carbons (Fsp3) is 1.00. The van der Waals surface area contributed by atoms with E-state index in [1.54, 1.807) is 0 Å². The lowest BCUT2D eigenvalue weighted by Crippen LogP contribution is -2.32. The minimum absolute atomic E-state index is 0.797. The first-order chi connectivity index (χ1) is 11.6. The normalized spacial score (nSPS) is 12.0. The summed E-state index contributed by atoms with van der Waals surface area (Å²) in [7, 11) is 0. The van der Waals surface area contributed by atoms with Crippen LogP contribution in [-0.4, -0.2) is 24.5 Å². The third-order valence-electron chi connectivity index (χ3n) is 4.82.